The average Bonchev–Trinajstić information content (AvgIpc) is 2.71. The van der Waals surface area contributed by atoms with Crippen LogP contribution >= 0.6 is 0 Å². The molecular formula is C21H29N5O. The summed E-state index contributed by atoms with van der Waals surface area (Å²) in [7, 11) is 0. The second-order valence-corrected chi connectivity index (χ2v) is 6.09. The van der Waals surface area contributed by atoms with Crippen LogP contribution in [0.2, 0.25) is 0 Å². The molecule has 0 atom stereocenters. The van der Waals surface area contributed by atoms with Gasteiger partial charge in [0.05, 0.1) is 0 Å². The van der Waals surface area contributed by atoms with Gasteiger partial charge in [0.1, 0.15) is 6.54 Å². The highest BCUT2D eigenvalue weighted by Gasteiger charge is 2.12. The summed E-state index contributed by atoms with van der Waals surface area (Å²) in [6, 6.07) is 15.9. The fraction of sp³-hybridized carbons (Fsp3) is 0.381. The first-order valence-electron chi connectivity index (χ1n) is 9.46. The molecule has 0 spiro atoms. The third-order valence-electron chi connectivity index (χ3n) is 4.07. The number of nitrogens with one attached hydrogen (secondary N) is 2. The number of aromatic nitrogens is 1. The number of rotatable bonds is 9. The molecule has 0 bridgehead atoms. The molecule has 0 saturated heterocycles. The van der Waals surface area contributed by atoms with Crippen LogP contribution in [-0.4, -0.2) is 47.9 Å². The van der Waals surface area contributed by atoms with Crippen LogP contribution in [0, 0.1) is 0 Å². The third-order valence-corrected chi connectivity index (χ3v) is 4.07. The summed E-state index contributed by atoms with van der Waals surface area (Å²) in [6.07, 6.45) is 2.59. The molecule has 2 rings (SSSR count). The lowest BCUT2D eigenvalue weighted by molar-refractivity contribution is -0.130. The first-order valence-corrected chi connectivity index (χ1v) is 9.46. The van der Waals surface area contributed by atoms with Gasteiger partial charge >= 0.3 is 0 Å². The van der Waals surface area contributed by atoms with Crippen molar-refractivity contribution in [3.63, 3.8) is 0 Å². The van der Waals surface area contributed by atoms with Crippen LogP contribution in [-0.2, 0) is 17.8 Å². The van der Waals surface area contributed by atoms with Crippen LogP contribution in [0.5, 0.6) is 0 Å². The smallest absolute Gasteiger partial charge is 0.244 e. The Hall–Kier alpha value is -2.89. The molecule has 6 nitrogen and oxygen atoms in total. The highest BCUT2D eigenvalue weighted by Crippen LogP contribution is 2.04. The zero-order valence-electron chi connectivity index (χ0n) is 16.2. The van der Waals surface area contributed by atoms with E-state index in [9.17, 15) is 4.79 Å². The number of hydrogen-bond acceptors (Lipinski definition) is 3. The standard InChI is InChI=1S/C21H29N5O/c1-3-22-21(24-15-13-19-12-8-9-14-23-19)25-16-20(27)26(4-2)17-18-10-6-5-7-11-18/h5-12,14H,3-4,13,15-17H2,1-2H3,(H2,22,24,25). The maximum absolute atomic E-state index is 12.5. The molecule has 0 aliphatic heterocycles. The molecule has 1 aromatic heterocycles. The topological polar surface area (TPSA) is 69.6 Å². The summed E-state index contributed by atoms with van der Waals surface area (Å²) >= 11 is 0. The molecule has 0 radical (unpaired) electrons. The molecule has 2 N–H and O–H groups in total. The molecule has 6 heteroatoms. The molecule has 2 aromatic rings. The van der Waals surface area contributed by atoms with Crippen LogP contribution < -0.4 is 10.6 Å². The van der Waals surface area contributed by atoms with Crippen molar-refractivity contribution < 1.29 is 4.79 Å². The molecule has 1 heterocycles. The van der Waals surface area contributed by atoms with E-state index >= 15 is 0 Å². The lowest BCUT2D eigenvalue weighted by Gasteiger charge is -2.20. The summed E-state index contributed by atoms with van der Waals surface area (Å²) in [6.45, 7) is 6.83. The molecule has 1 aromatic carbocycles. The van der Waals surface area contributed by atoms with E-state index in [4.69, 9.17) is 0 Å². The van der Waals surface area contributed by atoms with Crippen LogP contribution in [0.3, 0.4) is 0 Å². The lowest BCUT2D eigenvalue weighted by Crippen LogP contribution is -2.40. The fourth-order valence-electron chi connectivity index (χ4n) is 2.62. The predicted octanol–water partition coefficient (Wildman–Crippen LogP) is 2.23. The van der Waals surface area contributed by atoms with Gasteiger partial charge in [-0.15, -0.1) is 0 Å². The van der Waals surface area contributed by atoms with E-state index in [-0.39, 0.29) is 12.5 Å². The molecule has 27 heavy (non-hydrogen) atoms. The quantitative estimate of drug-likeness (QED) is 0.527. The largest absolute Gasteiger partial charge is 0.357 e. The summed E-state index contributed by atoms with van der Waals surface area (Å²) in [4.78, 5) is 23.1. The summed E-state index contributed by atoms with van der Waals surface area (Å²) in [5.41, 5.74) is 2.15. The second-order valence-electron chi connectivity index (χ2n) is 6.09. The molecule has 0 aliphatic carbocycles. The Kier molecular flexibility index (Phi) is 8.83. The second kappa shape index (κ2) is 11.7. The molecule has 144 valence electrons. The Morgan fingerprint density at radius 2 is 1.85 bits per heavy atom. The third kappa shape index (κ3) is 7.48. The SMILES string of the molecule is CCNC(=NCC(=O)N(CC)Cc1ccccc1)NCCc1ccccn1. The number of nitrogens with zero attached hydrogens (tertiary/aromatic N) is 3. The van der Waals surface area contributed by atoms with Gasteiger partial charge in [-0.2, -0.15) is 0 Å². The van der Waals surface area contributed by atoms with Crippen molar-refractivity contribution in [3.8, 4) is 0 Å². The Morgan fingerprint density at radius 3 is 2.52 bits per heavy atom. The van der Waals surface area contributed by atoms with Gasteiger partial charge in [0.25, 0.3) is 0 Å². The molecular weight excluding hydrogens is 338 g/mol. The minimum Gasteiger partial charge on any atom is -0.357 e. The van der Waals surface area contributed by atoms with Crippen molar-refractivity contribution >= 4 is 11.9 Å². The maximum atomic E-state index is 12.5. The fourth-order valence-corrected chi connectivity index (χ4v) is 2.62. The summed E-state index contributed by atoms with van der Waals surface area (Å²) < 4.78 is 0. The maximum Gasteiger partial charge on any atom is 0.244 e. The molecule has 0 saturated carbocycles. The van der Waals surface area contributed by atoms with Crippen molar-refractivity contribution in [1.82, 2.24) is 20.5 Å². The van der Waals surface area contributed by atoms with Gasteiger partial charge in [0.2, 0.25) is 5.91 Å². The van der Waals surface area contributed by atoms with Crippen molar-refractivity contribution in [3.05, 3.63) is 66.0 Å². The number of amides is 1. The van der Waals surface area contributed by atoms with Gasteiger partial charge in [-0.1, -0.05) is 36.4 Å². The molecule has 0 fully saturated rings. The Balaban J connectivity index is 1.86. The normalized spacial score (nSPS) is 11.1. The lowest BCUT2D eigenvalue weighted by atomic mass is 10.2. The van der Waals surface area contributed by atoms with E-state index in [1.807, 2.05) is 67.3 Å². The summed E-state index contributed by atoms with van der Waals surface area (Å²) in [5.74, 6) is 0.667. The number of pyridine rings is 1. The number of hydrogen-bond donors (Lipinski definition) is 2. The number of likely N-dealkylation sites (N-methyl/N-ethyl adjacent to an activating group) is 1. The van der Waals surface area contributed by atoms with E-state index in [0.29, 0.717) is 25.6 Å². The zero-order chi connectivity index (χ0) is 19.3. The number of carbonyl (C=O) groups excluding carboxylic acids is 1. The van der Waals surface area contributed by atoms with Gasteiger partial charge in [-0.25, -0.2) is 4.99 Å². The Labute approximate surface area is 161 Å². The van der Waals surface area contributed by atoms with Gasteiger partial charge in [-0.3, -0.25) is 9.78 Å². The minimum atomic E-state index is 0.0169. The van der Waals surface area contributed by atoms with Crippen molar-refractivity contribution in [2.45, 2.75) is 26.8 Å². The Morgan fingerprint density at radius 1 is 1.07 bits per heavy atom. The monoisotopic (exact) mass is 367 g/mol. The van der Waals surface area contributed by atoms with Crippen LogP contribution in [0.1, 0.15) is 25.1 Å². The summed E-state index contributed by atoms with van der Waals surface area (Å²) in [5, 5.41) is 6.44. The number of aliphatic imine (C=N–C) groups is 1. The predicted molar refractivity (Wildman–Crippen MR) is 109 cm³/mol. The molecule has 0 unspecified atom stereocenters. The average molecular weight is 367 g/mol. The van der Waals surface area contributed by atoms with E-state index in [1.54, 1.807) is 6.20 Å². The highest BCUT2D eigenvalue weighted by molar-refractivity contribution is 5.84. The van der Waals surface area contributed by atoms with Gasteiger partial charge in [0.15, 0.2) is 5.96 Å². The van der Waals surface area contributed by atoms with Crippen molar-refractivity contribution in [2.75, 3.05) is 26.2 Å². The van der Waals surface area contributed by atoms with Crippen LogP contribution in [0.15, 0.2) is 59.7 Å². The highest BCUT2D eigenvalue weighted by atomic mass is 16.2. The van der Waals surface area contributed by atoms with Gasteiger partial charge < -0.3 is 15.5 Å². The number of carbonyl (C=O) groups is 1. The van der Waals surface area contributed by atoms with E-state index < -0.39 is 0 Å². The van der Waals surface area contributed by atoms with Gasteiger partial charge in [-0.05, 0) is 31.5 Å². The van der Waals surface area contributed by atoms with Crippen molar-refractivity contribution in [1.29, 1.82) is 0 Å². The molecule has 1 amide bonds. The number of guanidine groups is 1. The Bertz CT molecular complexity index is 703. The van der Waals surface area contributed by atoms with Gasteiger partial charge in [0, 0.05) is 44.5 Å². The van der Waals surface area contributed by atoms with E-state index in [2.05, 4.69) is 20.6 Å². The first kappa shape index (κ1) is 20.4. The van der Waals surface area contributed by atoms with Crippen molar-refractivity contribution in [2.24, 2.45) is 4.99 Å². The van der Waals surface area contributed by atoms with Crippen LogP contribution in [0.25, 0.3) is 0 Å². The van der Waals surface area contributed by atoms with E-state index in [0.717, 1.165) is 24.2 Å². The minimum absolute atomic E-state index is 0.0169. The number of benzene rings is 1. The zero-order valence-corrected chi connectivity index (χ0v) is 16.2. The van der Waals surface area contributed by atoms with E-state index in [1.165, 1.54) is 0 Å². The van der Waals surface area contributed by atoms with Crippen LogP contribution in [0.4, 0.5) is 0 Å². The molecule has 0 aliphatic rings. The first-order chi connectivity index (χ1) is 13.2.